The molecule has 0 amide bonds. The number of nitrogens with one attached hydrogen (secondary N) is 2. The third kappa shape index (κ3) is 3.59. The maximum atomic E-state index is 12.5. The average molecular weight is 307 g/mol. The molecule has 0 aliphatic heterocycles. The molecule has 0 saturated carbocycles. The molecule has 2 aromatic rings. The predicted octanol–water partition coefficient (Wildman–Crippen LogP) is 1.32. The zero-order valence-corrected chi connectivity index (χ0v) is 11.4. The second kappa shape index (κ2) is 5.95. The lowest BCUT2D eigenvalue weighted by Crippen LogP contribution is -2.20. The SMILES string of the molecule is [2H]N(C([2H])([2H])[2H])S(=O)(=O)C([2H])([2H])c1ccc2c(c1)c(CC([2H])([2H])N(C)C([2H])([2H])[2H])cn2[2H]. The van der Waals surface area contributed by atoms with Crippen molar-refractivity contribution in [3.05, 3.63) is 35.5 Å². The lowest BCUT2D eigenvalue weighted by molar-refractivity contribution is 0.414. The molecule has 0 spiro atoms. The number of aryl methyl sites for hydroxylation is 1. The standard InChI is InChI=1S/C14H21N3O2S/c1-15-20(18,19)10-11-4-5-14-13(8-11)12(9-16-14)6-7-17(2)3/h4-5,8-9,15-16H,6-7,10H2,1-3H3/i1D3,2D3,7D2,10D2/hD2. The molecule has 0 bridgehead atoms. The molecule has 20 heavy (non-hydrogen) atoms. The summed E-state index contributed by atoms with van der Waals surface area (Å²) in [6, 6.07) is 3.23. The van der Waals surface area contributed by atoms with Gasteiger partial charge in [0.1, 0.15) is 1.41 Å². The Balaban J connectivity index is 2.60. The minimum atomic E-state index is -5.33. The maximum absolute atomic E-state index is 12.5. The fourth-order valence-corrected chi connectivity index (χ4v) is 2.17. The molecular formula is C14H21N3O2S. The Morgan fingerprint density at radius 2 is 2.45 bits per heavy atom. The van der Waals surface area contributed by atoms with Gasteiger partial charge in [-0.3, -0.25) is 0 Å². The van der Waals surface area contributed by atoms with Crippen LogP contribution in [-0.4, -0.2) is 45.8 Å². The van der Waals surface area contributed by atoms with E-state index in [0.29, 0.717) is 4.90 Å². The van der Waals surface area contributed by atoms with Gasteiger partial charge in [-0.25, -0.2) is 13.1 Å². The van der Waals surface area contributed by atoms with Gasteiger partial charge in [0.25, 0.3) is 0 Å². The molecule has 0 atom stereocenters. The molecule has 2 rings (SSSR count). The van der Waals surface area contributed by atoms with Crippen molar-refractivity contribution in [2.45, 2.75) is 12.1 Å². The Hall–Kier alpha value is -1.37. The van der Waals surface area contributed by atoms with Gasteiger partial charge < -0.3 is 9.88 Å². The first kappa shape index (κ1) is 5.79. The van der Waals surface area contributed by atoms with Crippen molar-refractivity contribution in [2.75, 3.05) is 27.5 Å². The zero-order chi connectivity index (χ0) is 25.1. The molecule has 1 aromatic carbocycles. The van der Waals surface area contributed by atoms with Crippen LogP contribution in [0.5, 0.6) is 0 Å². The molecule has 6 heteroatoms. The summed E-state index contributed by atoms with van der Waals surface area (Å²) >= 11 is 0. The summed E-state index contributed by atoms with van der Waals surface area (Å²) in [5, 5.41) is 0.0739. The molecule has 0 saturated heterocycles. The highest BCUT2D eigenvalue weighted by molar-refractivity contribution is 7.88. The fraction of sp³-hybridized carbons (Fsp3) is 0.429. The first-order valence-electron chi connectivity index (χ1n) is 11.4. The number of nitrogens with zero attached hydrogens (tertiary/aromatic N) is 1. The van der Waals surface area contributed by atoms with Gasteiger partial charge in [-0.2, -0.15) is 0 Å². The summed E-state index contributed by atoms with van der Waals surface area (Å²) in [7, 11) is -4.27. The largest absolute Gasteiger partial charge is 0.361 e. The number of aromatic amines is 1. The molecule has 0 fully saturated rings. The molecule has 0 unspecified atom stereocenters. The number of sulfonamides is 1. The second-order valence-electron chi connectivity index (χ2n) is 4.08. The first-order valence-corrected chi connectivity index (χ1v) is 6.99. The molecule has 110 valence electrons. The lowest BCUT2D eigenvalue weighted by atomic mass is 10.1. The van der Waals surface area contributed by atoms with Crippen LogP contribution >= 0.6 is 0 Å². The van der Waals surface area contributed by atoms with E-state index in [1.54, 1.807) is 0 Å². The number of hydrogen-bond acceptors (Lipinski definition) is 3. The van der Waals surface area contributed by atoms with Crippen molar-refractivity contribution < 1.29 is 24.9 Å². The summed E-state index contributed by atoms with van der Waals surface area (Å²) in [6.07, 6.45) is 0.659. The van der Waals surface area contributed by atoms with Crippen molar-refractivity contribution in [2.24, 2.45) is 0 Å². The summed E-state index contributed by atoms with van der Waals surface area (Å²) < 4.78 is 115. The molecule has 5 nitrogen and oxygen atoms in total. The number of rotatable bonds is 6. The number of likely N-dealkylation sites (N-methyl/N-ethyl adjacent to an activating group) is 1. The summed E-state index contributed by atoms with van der Waals surface area (Å²) in [5.74, 6) is 0. The molecule has 2 N–H and O–H groups in total. The monoisotopic (exact) mass is 307 g/mol. The van der Waals surface area contributed by atoms with E-state index in [0.717, 1.165) is 24.2 Å². The quantitative estimate of drug-likeness (QED) is 0.846. The van der Waals surface area contributed by atoms with Crippen molar-refractivity contribution in [1.82, 2.24) is 14.6 Å². The van der Waals surface area contributed by atoms with Gasteiger partial charge in [0, 0.05) is 37.3 Å². The number of benzene rings is 1. The molecule has 0 radical (unpaired) electrons. The zero-order valence-electron chi connectivity index (χ0n) is 22.6. The summed E-state index contributed by atoms with van der Waals surface area (Å²) in [4.78, 5) is 1.36. The Bertz CT molecular complexity index is 1110. The van der Waals surface area contributed by atoms with Gasteiger partial charge in [-0.15, -0.1) is 0 Å². The van der Waals surface area contributed by atoms with Crippen LogP contribution in [0.4, 0.5) is 0 Å². The van der Waals surface area contributed by atoms with Crippen LogP contribution in [0.25, 0.3) is 10.9 Å². The number of H-pyrrole nitrogens is 1. The van der Waals surface area contributed by atoms with Crippen LogP contribution in [0, 0.1) is 0 Å². The highest BCUT2D eigenvalue weighted by Crippen LogP contribution is 2.21. The van der Waals surface area contributed by atoms with E-state index in [1.807, 2.05) is 0 Å². The fourth-order valence-electron chi connectivity index (χ4n) is 1.70. The van der Waals surface area contributed by atoms with Crippen molar-refractivity contribution in [3.63, 3.8) is 0 Å². The van der Waals surface area contributed by atoms with Gasteiger partial charge in [-0.05, 0) is 50.7 Å². The minimum absolute atomic E-state index is 0.0739. The summed E-state index contributed by atoms with van der Waals surface area (Å²) in [5.41, 5.74) is -3.62. The molecule has 1 aromatic heterocycles. The highest BCUT2D eigenvalue weighted by Gasteiger charge is 2.11. The van der Waals surface area contributed by atoms with E-state index in [4.69, 9.17) is 16.5 Å². The third-order valence-corrected chi connectivity index (χ3v) is 3.31. The Morgan fingerprint density at radius 3 is 3.20 bits per heavy atom. The number of hydrogen-bond donors (Lipinski definition) is 2. The smallest absolute Gasteiger partial charge is 0.215 e. The van der Waals surface area contributed by atoms with Crippen LogP contribution < -0.4 is 4.72 Å². The normalized spacial score (nSPS) is 24.1. The van der Waals surface area contributed by atoms with E-state index >= 15 is 0 Å². The van der Waals surface area contributed by atoms with Crippen LogP contribution in [0.2, 0.25) is 2.82 Å². The number of aromatic nitrogens is 1. The van der Waals surface area contributed by atoms with Crippen LogP contribution in [0.1, 0.15) is 24.8 Å². The first-order chi connectivity index (χ1) is 14.1. The second-order valence-corrected chi connectivity index (χ2v) is 5.41. The molecule has 1 heterocycles. The van der Waals surface area contributed by atoms with Crippen molar-refractivity contribution in [3.8, 4) is 0 Å². The van der Waals surface area contributed by atoms with E-state index in [9.17, 15) is 8.42 Å². The highest BCUT2D eigenvalue weighted by atomic mass is 32.2. The van der Waals surface area contributed by atoms with E-state index < -0.39 is 52.9 Å². The Kier molecular flexibility index (Phi) is 1.72. The summed E-state index contributed by atoms with van der Waals surface area (Å²) in [6.45, 7) is -8.60. The van der Waals surface area contributed by atoms with Crippen LogP contribution in [0.3, 0.4) is 0 Å². The minimum Gasteiger partial charge on any atom is -0.361 e. The molecule has 0 aliphatic carbocycles. The lowest BCUT2D eigenvalue weighted by Gasteiger charge is -2.08. The Morgan fingerprint density at radius 1 is 1.60 bits per heavy atom. The van der Waals surface area contributed by atoms with E-state index in [2.05, 4.69) is 0 Å². The van der Waals surface area contributed by atoms with Gasteiger partial charge in [0.15, 0.2) is 1.41 Å². The molecule has 0 aliphatic rings. The third-order valence-electron chi connectivity index (χ3n) is 2.58. The molecular weight excluding hydrogens is 274 g/mol. The van der Waals surface area contributed by atoms with Gasteiger partial charge in [0.2, 0.25) is 10.0 Å². The topological polar surface area (TPSA) is 65.2 Å². The van der Waals surface area contributed by atoms with Crippen LogP contribution in [0.15, 0.2) is 24.4 Å². The van der Waals surface area contributed by atoms with E-state index in [1.165, 1.54) is 12.3 Å². The van der Waals surface area contributed by atoms with E-state index in [-0.39, 0.29) is 16.5 Å². The van der Waals surface area contributed by atoms with Gasteiger partial charge >= 0.3 is 0 Å². The van der Waals surface area contributed by atoms with Crippen molar-refractivity contribution >= 4 is 20.9 Å². The van der Waals surface area contributed by atoms with Crippen molar-refractivity contribution in [1.29, 1.82) is 0 Å². The predicted molar refractivity (Wildman–Crippen MR) is 82.2 cm³/mol. The van der Waals surface area contributed by atoms with Gasteiger partial charge in [-0.1, -0.05) is 6.07 Å². The average Bonchev–Trinajstić information content (AvgIpc) is 2.93. The number of fused-ring (bicyclic) bond motifs is 1. The van der Waals surface area contributed by atoms with Gasteiger partial charge in [0.05, 0.1) is 5.70 Å². The Labute approximate surface area is 137 Å². The maximum Gasteiger partial charge on any atom is 0.215 e. The van der Waals surface area contributed by atoms with Crippen LogP contribution in [-0.2, 0) is 22.1 Å².